The molecule has 0 saturated heterocycles. The van der Waals surface area contributed by atoms with E-state index in [9.17, 15) is 9.59 Å². The molecule has 0 fully saturated rings. The first-order chi connectivity index (χ1) is 15.8. The van der Waals surface area contributed by atoms with Gasteiger partial charge in [0, 0.05) is 47.5 Å². The zero-order valence-electron chi connectivity index (χ0n) is 19.0. The van der Waals surface area contributed by atoms with Crippen LogP contribution >= 0.6 is 0 Å². The lowest BCUT2D eigenvalue weighted by atomic mass is 9.83. The van der Waals surface area contributed by atoms with Crippen LogP contribution in [-0.4, -0.2) is 25.4 Å². The van der Waals surface area contributed by atoms with Crippen molar-refractivity contribution in [2.75, 3.05) is 5.32 Å². The molecule has 7 heteroatoms. The maximum absolute atomic E-state index is 13.4. The predicted molar refractivity (Wildman–Crippen MR) is 131 cm³/mol. The molecule has 0 saturated carbocycles. The van der Waals surface area contributed by atoms with Crippen molar-refractivity contribution in [3.05, 3.63) is 82.5 Å². The van der Waals surface area contributed by atoms with E-state index in [2.05, 4.69) is 15.3 Å². The summed E-state index contributed by atoms with van der Waals surface area (Å²) in [5.41, 5.74) is 4.08. The van der Waals surface area contributed by atoms with Crippen LogP contribution in [0.25, 0.3) is 33.1 Å². The van der Waals surface area contributed by atoms with Gasteiger partial charge in [-0.05, 0) is 50.1 Å². The number of H-pyrrole nitrogens is 2. The zero-order chi connectivity index (χ0) is 23.3. The summed E-state index contributed by atoms with van der Waals surface area (Å²) in [6.45, 7) is 5.78. The summed E-state index contributed by atoms with van der Waals surface area (Å²) in [4.78, 5) is 36.8. The van der Waals surface area contributed by atoms with Crippen LogP contribution in [0, 0.1) is 6.92 Å². The topological polar surface area (TPSA) is 95.6 Å². The number of anilines is 1. The highest BCUT2D eigenvalue weighted by Gasteiger charge is 2.32. The molecule has 1 amide bonds. The number of aromatic nitrogens is 4. The second-order valence-electron chi connectivity index (χ2n) is 8.91. The second kappa shape index (κ2) is 7.48. The minimum Gasteiger partial charge on any atom is -0.361 e. The summed E-state index contributed by atoms with van der Waals surface area (Å²) in [6.07, 6.45) is 5.43. The number of pyridine rings is 2. The summed E-state index contributed by atoms with van der Waals surface area (Å²) in [5.74, 6) is 0.313. The first-order valence-corrected chi connectivity index (χ1v) is 10.8. The van der Waals surface area contributed by atoms with Gasteiger partial charge >= 0.3 is 0 Å². The number of nitrogens with one attached hydrogen (secondary N) is 3. The normalized spacial score (nSPS) is 11.9. The molecular formula is C26H25N5O2. The molecule has 5 aromatic rings. The van der Waals surface area contributed by atoms with Crippen LogP contribution in [0.5, 0.6) is 0 Å². The van der Waals surface area contributed by atoms with Crippen LogP contribution in [0.4, 0.5) is 5.82 Å². The lowest BCUT2D eigenvalue weighted by molar-refractivity contribution is -0.120. The van der Waals surface area contributed by atoms with Crippen LogP contribution < -0.4 is 10.9 Å². The Bertz CT molecular complexity index is 1590. The molecule has 0 bridgehead atoms. The van der Waals surface area contributed by atoms with E-state index in [0.29, 0.717) is 11.3 Å². The monoisotopic (exact) mass is 439 g/mol. The van der Waals surface area contributed by atoms with Gasteiger partial charge in [-0.3, -0.25) is 9.59 Å². The van der Waals surface area contributed by atoms with Crippen molar-refractivity contribution in [3.8, 4) is 11.3 Å². The molecular weight excluding hydrogens is 414 g/mol. The fourth-order valence-electron chi connectivity index (χ4n) is 4.31. The van der Waals surface area contributed by atoms with E-state index in [1.807, 2.05) is 63.4 Å². The van der Waals surface area contributed by atoms with E-state index < -0.39 is 5.41 Å². The summed E-state index contributed by atoms with van der Waals surface area (Å²) >= 11 is 0. The number of carbonyl (C=O) groups excluding carboxylic acids is 1. The maximum Gasteiger partial charge on any atom is 0.274 e. The van der Waals surface area contributed by atoms with Gasteiger partial charge in [0.2, 0.25) is 5.91 Å². The lowest BCUT2D eigenvalue weighted by Gasteiger charge is -2.23. The summed E-state index contributed by atoms with van der Waals surface area (Å²) in [6, 6.07) is 13.6. The number of hydrogen-bond acceptors (Lipinski definition) is 3. The quantitative estimate of drug-likeness (QED) is 0.381. The molecule has 0 unspecified atom stereocenters. The molecule has 0 aliphatic heterocycles. The molecule has 3 N–H and O–H groups in total. The van der Waals surface area contributed by atoms with E-state index in [-0.39, 0.29) is 11.5 Å². The van der Waals surface area contributed by atoms with Crippen LogP contribution in [0.15, 0.2) is 65.8 Å². The van der Waals surface area contributed by atoms with E-state index in [4.69, 9.17) is 4.98 Å². The first-order valence-electron chi connectivity index (χ1n) is 10.8. The third-order valence-corrected chi connectivity index (χ3v) is 6.32. The van der Waals surface area contributed by atoms with Gasteiger partial charge in [-0.2, -0.15) is 0 Å². The van der Waals surface area contributed by atoms with Crippen molar-refractivity contribution in [2.45, 2.75) is 26.2 Å². The Labute approximate surface area is 190 Å². The molecule has 166 valence electrons. The van der Waals surface area contributed by atoms with Crippen molar-refractivity contribution in [3.63, 3.8) is 0 Å². The fraction of sp³-hybridized carbons (Fsp3) is 0.192. The Morgan fingerprint density at radius 2 is 1.85 bits per heavy atom. The largest absolute Gasteiger partial charge is 0.361 e. The third kappa shape index (κ3) is 3.33. The van der Waals surface area contributed by atoms with Gasteiger partial charge < -0.3 is 19.9 Å². The molecule has 0 spiro atoms. The standard InChI is InChI=1S/C26H25N5O2/c1-15-9-10-21(29-22(15)18-14-31(4)24(32)23-16(18)11-12-27-23)30-25(33)26(2,3)19-13-28-20-8-6-5-7-17(19)20/h5-14,27-28H,1-4H3,(H,29,30,33). The number of benzene rings is 1. The Hall–Kier alpha value is -4.13. The number of amides is 1. The van der Waals surface area contributed by atoms with Gasteiger partial charge in [0.25, 0.3) is 5.56 Å². The molecule has 0 radical (unpaired) electrons. The zero-order valence-corrected chi connectivity index (χ0v) is 19.0. The Morgan fingerprint density at radius 1 is 1.06 bits per heavy atom. The molecule has 4 aromatic heterocycles. The van der Waals surface area contributed by atoms with Crippen LogP contribution in [0.2, 0.25) is 0 Å². The number of carbonyl (C=O) groups is 1. The average Bonchev–Trinajstić information content (AvgIpc) is 3.45. The summed E-state index contributed by atoms with van der Waals surface area (Å²) < 4.78 is 1.54. The number of fused-ring (bicyclic) bond motifs is 2. The number of rotatable bonds is 4. The minimum absolute atomic E-state index is 0.0960. The molecule has 0 aliphatic carbocycles. The Balaban J connectivity index is 1.53. The fourth-order valence-corrected chi connectivity index (χ4v) is 4.31. The molecule has 0 atom stereocenters. The van der Waals surface area contributed by atoms with Crippen LogP contribution in [0.3, 0.4) is 0 Å². The highest BCUT2D eigenvalue weighted by atomic mass is 16.2. The Kier molecular flexibility index (Phi) is 4.70. The minimum atomic E-state index is -0.781. The van der Waals surface area contributed by atoms with Gasteiger partial charge in [-0.15, -0.1) is 0 Å². The molecule has 7 nitrogen and oxygen atoms in total. The smallest absolute Gasteiger partial charge is 0.274 e. The molecule has 1 aromatic carbocycles. The SMILES string of the molecule is Cc1ccc(NC(=O)C(C)(C)c2c[nH]c3ccccc23)nc1-c1cn(C)c(=O)c2[nH]ccc12. The van der Waals surface area contributed by atoms with Gasteiger partial charge in [0.15, 0.2) is 0 Å². The summed E-state index contributed by atoms with van der Waals surface area (Å²) in [5, 5.41) is 4.83. The highest BCUT2D eigenvalue weighted by Crippen LogP contribution is 2.32. The van der Waals surface area contributed by atoms with Gasteiger partial charge in [0.1, 0.15) is 11.3 Å². The van der Waals surface area contributed by atoms with Crippen molar-refractivity contribution in [1.82, 2.24) is 19.5 Å². The van der Waals surface area contributed by atoms with Crippen LogP contribution in [0.1, 0.15) is 25.0 Å². The third-order valence-electron chi connectivity index (χ3n) is 6.32. The molecule has 4 heterocycles. The van der Waals surface area contributed by atoms with Gasteiger partial charge in [-0.1, -0.05) is 24.3 Å². The van der Waals surface area contributed by atoms with E-state index in [1.165, 1.54) is 0 Å². The van der Waals surface area contributed by atoms with E-state index in [0.717, 1.165) is 38.7 Å². The molecule has 33 heavy (non-hydrogen) atoms. The maximum atomic E-state index is 13.4. The van der Waals surface area contributed by atoms with Crippen molar-refractivity contribution in [1.29, 1.82) is 0 Å². The van der Waals surface area contributed by atoms with Crippen molar-refractivity contribution >= 4 is 33.5 Å². The van der Waals surface area contributed by atoms with E-state index >= 15 is 0 Å². The molecule has 5 rings (SSSR count). The number of nitrogens with zero attached hydrogens (tertiary/aromatic N) is 2. The number of aryl methyl sites for hydroxylation is 2. The van der Waals surface area contributed by atoms with E-state index in [1.54, 1.807) is 30.1 Å². The molecule has 0 aliphatic rings. The van der Waals surface area contributed by atoms with Crippen molar-refractivity contribution < 1.29 is 4.79 Å². The predicted octanol–water partition coefficient (Wildman–Crippen LogP) is 4.63. The second-order valence-corrected chi connectivity index (χ2v) is 8.91. The van der Waals surface area contributed by atoms with Crippen molar-refractivity contribution in [2.24, 2.45) is 7.05 Å². The number of aromatic amines is 2. The van der Waals surface area contributed by atoms with Gasteiger partial charge in [0.05, 0.1) is 11.1 Å². The Morgan fingerprint density at radius 3 is 2.67 bits per heavy atom. The summed E-state index contributed by atoms with van der Waals surface area (Å²) in [7, 11) is 1.72. The number of para-hydroxylation sites is 1. The highest BCUT2D eigenvalue weighted by molar-refractivity contribution is 6.02. The lowest BCUT2D eigenvalue weighted by Crippen LogP contribution is -2.34. The number of hydrogen-bond donors (Lipinski definition) is 3. The first kappa shape index (κ1) is 20.8. The average molecular weight is 440 g/mol. The van der Waals surface area contributed by atoms with Crippen LogP contribution in [-0.2, 0) is 17.3 Å². The van der Waals surface area contributed by atoms with Gasteiger partial charge in [-0.25, -0.2) is 4.98 Å².